The number of anilines is 1. The average Bonchev–Trinajstić information content (AvgIpc) is 3.41. The molecule has 2 heterocycles. The highest BCUT2D eigenvalue weighted by molar-refractivity contribution is 5.94. The third-order valence-corrected chi connectivity index (χ3v) is 6.55. The fraction of sp³-hybridized carbons (Fsp3) is 0.167. The SMILES string of the molecule is C=C/C(=C\N=C)c1nc(N2CCC(c3ccccc3)C2)c2cc(-c3cccc(OC)c3)ccc2n1. The molecule has 0 saturated carbocycles. The van der Waals surface area contributed by atoms with Crippen molar-refractivity contribution in [2.45, 2.75) is 12.3 Å². The monoisotopic (exact) mass is 460 g/mol. The van der Waals surface area contributed by atoms with Crippen molar-refractivity contribution in [2.24, 2.45) is 4.99 Å². The number of methoxy groups -OCH3 is 1. The first kappa shape index (κ1) is 22.5. The zero-order valence-electron chi connectivity index (χ0n) is 19.9. The molecule has 5 rings (SSSR count). The molecule has 1 atom stereocenters. The molecule has 0 radical (unpaired) electrons. The summed E-state index contributed by atoms with van der Waals surface area (Å²) in [5, 5.41) is 1.03. The maximum Gasteiger partial charge on any atom is 0.163 e. The number of ether oxygens (including phenoxy) is 1. The molecule has 3 aromatic carbocycles. The van der Waals surface area contributed by atoms with Gasteiger partial charge in [-0.1, -0.05) is 61.2 Å². The van der Waals surface area contributed by atoms with E-state index in [1.54, 1.807) is 19.4 Å². The van der Waals surface area contributed by atoms with Gasteiger partial charge in [-0.25, -0.2) is 9.97 Å². The Hall–Kier alpha value is -4.25. The molecule has 1 unspecified atom stereocenters. The van der Waals surface area contributed by atoms with E-state index in [9.17, 15) is 0 Å². The molecule has 5 nitrogen and oxygen atoms in total. The van der Waals surface area contributed by atoms with Gasteiger partial charge >= 0.3 is 0 Å². The highest BCUT2D eigenvalue weighted by Crippen LogP contribution is 2.36. The molecule has 0 amide bonds. The quantitative estimate of drug-likeness (QED) is 0.232. The topological polar surface area (TPSA) is 50.6 Å². The van der Waals surface area contributed by atoms with Gasteiger partial charge < -0.3 is 9.64 Å². The van der Waals surface area contributed by atoms with Crippen molar-refractivity contribution < 1.29 is 4.74 Å². The first-order chi connectivity index (χ1) is 17.2. The summed E-state index contributed by atoms with van der Waals surface area (Å²) in [7, 11) is 1.69. The van der Waals surface area contributed by atoms with E-state index >= 15 is 0 Å². The van der Waals surface area contributed by atoms with Crippen molar-refractivity contribution in [1.82, 2.24) is 9.97 Å². The van der Waals surface area contributed by atoms with Gasteiger partial charge in [-0.15, -0.1) is 0 Å². The van der Waals surface area contributed by atoms with Gasteiger partial charge in [0.05, 0.1) is 12.6 Å². The molecular weight excluding hydrogens is 432 g/mol. The van der Waals surface area contributed by atoms with Crippen LogP contribution in [-0.4, -0.2) is 36.9 Å². The van der Waals surface area contributed by atoms with Gasteiger partial charge in [-0.3, -0.25) is 4.99 Å². The first-order valence-electron chi connectivity index (χ1n) is 11.7. The van der Waals surface area contributed by atoms with Gasteiger partial charge in [0.25, 0.3) is 0 Å². The number of fused-ring (bicyclic) bond motifs is 1. The van der Waals surface area contributed by atoms with Gasteiger partial charge in [0.15, 0.2) is 5.82 Å². The summed E-state index contributed by atoms with van der Waals surface area (Å²) in [4.78, 5) is 16.2. The minimum Gasteiger partial charge on any atom is -0.497 e. The van der Waals surface area contributed by atoms with Crippen molar-refractivity contribution in [1.29, 1.82) is 0 Å². The number of nitrogens with zero attached hydrogens (tertiary/aromatic N) is 4. The van der Waals surface area contributed by atoms with Crippen molar-refractivity contribution in [3.63, 3.8) is 0 Å². The summed E-state index contributed by atoms with van der Waals surface area (Å²) >= 11 is 0. The molecule has 0 N–H and O–H groups in total. The zero-order valence-corrected chi connectivity index (χ0v) is 19.9. The lowest BCUT2D eigenvalue weighted by Gasteiger charge is -2.21. The number of hydrogen-bond acceptors (Lipinski definition) is 5. The first-order valence-corrected chi connectivity index (χ1v) is 11.7. The Morgan fingerprint density at radius 3 is 2.63 bits per heavy atom. The van der Waals surface area contributed by atoms with Gasteiger partial charge in [-0.05, 0) is 54.1 Å². The standard InChI is InChI=1S/C30H28N4O/c1-4-21(19-31-2)29-32-28-14-13-24(23-11-8-12-26(17-23)35-3)18-27(28)30(33-29)34-16-15-25(20-34)22-9-6-5-7-10-22/h4-14,17-19,25H,1-2,15-16,20H2,3H3/b21-19+. The molecule has 5 heteroatoms. The molecule has 1 fully saturated rings. The molecule has 174 valence electrons. The Labute approximate surface area is 206 Å². The number of rotatable bonds is 7. The molecule has 1 aliphatic heterocycles. The van der Waals surface area contributed by atoms with Crippen LogP contribution in [0.5, 0.6) is 5.75 Å². The van der Waals surface area contributed by atoms with Crippen LogP contribution in [0.15, 0.2) is 96.6 Å². The molecular formula is C30H28N4O. The Bertz CT molecular complexity index is 1410. The van der Waals surface area contributed by atoms with Gasteiger partial charge in [0.2, 0.25) is 0 Å². The Morgan fingerprint density at radius 2 is 1.86 bits per heavy atom. The van der Waals surface area contributed by atoms with E-state index < -0.39 is 0 Å². The second-order valence-corrected chi connectivity index (χ2v) is 8.65. The molecule has 0 aliphatic carbocycles. The van der Waals surface area contributed by atoms with Gasteiger partial charge in [0, 0.05) is 36.2 Å². The fourth-order valence-corrected chi connectivity index (χ4v) is 4.71. The second-order valence-electron chi connectivity index (χ2n) is 8.65. The van der Waals surface area contributed by atoms with E-state index in [0.717, 1.165) is 58.7 Å². The molecule has 4 aromatic rings. The Morgan fingerprint density at radius 1 is 1.03 bits per heavy atom. The molecule has 35 heavy (non-hydrogen) atoms. The lowest BCUT2D eigenvalue weighted by atomic mass is 9.99. The van der Waals surface area contributed by atoms with E-state index in [4.69, 9.17) is 14.7 Å². The van der Waals surface area contributed by atoms with E-state index in [1.165, 1.54) is 5.56 Å². The molecule has 1 saturated heterocycles. The number of allylic oxidation sites excluding steroid dienone is 2. The number of aromatic nitrogens is 2. The van der Waals surface area contributed by atoms with Crippen molar-refractivity contribution in [2.75, 3.05) is 25.1 Å². The van der Waals surface area contributed by atoms with Crippen LogP contribution >= 0.6 is 0 Å². The Kier molecular flexibility index (Phi) is 6.40. The van der Waals surface area contributed by atoms with E-state index in [-0.39, 0.29) is 0 Å². The summed E-state index contributed by atoms with van der Waals surface area (Å²) in [5.41, 5.74) is 5.19. The zero-order chi connectivity index (χ0) is 24.2. The van der Waals surface area contributed by atoms with Crippen LogP contribution in [0.3, 0.4) is 0 Å². The van der Waals surface area contributed by atoms with Crippen LogP contribution in [-0.2, 0) is 0 Å². The van der Waals surface area contributed by atoms with Crippen LogP contribution in [0, 0.1) is 0 Å². The lowest BCUT2D eigenvalue weighted by molar-refractivity contribution is 0.415. The summed E-state index contributed by atoms with van der Waals surface area (Å²) < 4.78 is 5.44. The predicted octanol–water partition coefficient (Wildman–Crippen LogP) is 6.53. The summed E-state index contributed by atoms with van der Waals surface area (Å²) in [6.45, 7) is 9.35. The van der Waals surface area contributed by atoms with Crippen LogP contribution in [0.2, 0.25) is 0 Å². The molecule has 1 aliphatic rings. The van der Waals surface area contributed by atoms with Gasteiger partial charge in [-0.2, -0.15) is 0 Å². The maximum absolute atomic E-state index is 5.44. The van der Waals surface area contributed by atoms with Crippen LogP contribution in [0.25, 0.3) is 27.6 Å². The van der Waals surface area contributed by atoms with Crippen LogP contribution in [0.1, 0.15) is 23.7 Å². The smallest absolute Gasteiger partial charge is 0.163 e. The third kappa shape index (κ3) is 4.58. The highest BCUT2D eigenvalue weighted by Gasteiger charge is 2.27. The normalized spacial score (nSPS) is 15.9. The number of aliphatic imine (C=N–C) groups is 1. The van der Waals surface area contributed by atoms with E-state index in [1.807, 2.05) is 18.2 Å². The predicted molar refractivity (Wildman–Crippen MR) is 145 cm³/mol. The largest absolute Gasteiger partial charge is 0.497 e. The van der Waals surface area contributed by atoms with Crippen molar-refractivity contribution >= 4 is 29.0 Å². The number of benzene rings is 3. The molecule has 0 spiro atoms. The minimum absolute atomic E-state index is 0.468. The molecule has 0 bridgehead atoms. The van der Waals surface area contributed by atoms with Crippen molar-refractivity contribution in [3.05, 3.63) is 103 Å². The third-order valence-electron chi connectivity index (χ3n) is 6.55. The summed E-state index contributed by atoms with van der Waals surface area (Å²) in [6.07, 6.45) is 4.46. The van der Waals surface area contributed by atoms with Crippen LogP contribution in [0.4, 0.5) is 5.82 Å². The second kappa shape index (κ2) is 9.94. The van der Waals surface area contributed by atoms with E-state index in [2.05, 4.69) is 77.8 Å². The summed E-state index contributed by atoms with van der Waals surface area (Å²) in [6, 6.07) is 25.2. The Balaban J connectivity index is 1.62. The summed E-state index contributed by atoms with van der Waals surface area (Å²) in [5.74, 6) is 2.84. The minimum atomic E-state index is 0.468. The van der Waals surface area contributed by atoms with Gasteiger partial charge in [0.1, 0.15) is 11.6 Å². The maximum atomic E-state index is 5.44. The fourth-order valence-electron chi connectivity index (χ4n) is 4.71. The average molecular weight is 461 g/mol. The van der Waals surface area contributed by atoms with Crippen LogP contribution < -0.4 is 9.64 Å². The van der Waals surface area contributed by atoms with Crippen molar-refractivity contribution in [3.8, 4) is 16.9 Å². The number of hydrogen-bond donors (Lipinski definition) is 0. The lowest BCUT2D eigenvalue weighted by Crippen LogP contribution is -2.21. The van der Waals surface area contributed by atoms with E-state index in [0.29, 0.717) is 11.7 Å². The molecule has 1 aromatic heterocycles. The highest BCUT2D eigenvalue weighted by atomic mass is 16.5.